The van der Waals surface area contributed by atoms with Crippen LogP contribution in [0.15, 0.2) is 12.2 Å². The molecule has 2 saturated heterocycles. The van der Waals surface area contributed by atoms with E-state index in [1.54, 1.807) is 0 Å². The van der Waals surface area contributed by atoms with Gasteiger partial charge in [0.25, 0.3) is 0 Å². The summed E-state index contributed by atoms with van der Waals surface area (Å²) in [6, 6.07) is 0. The molecule has 0 saturated carbocycles. The van der Waals surface area contributed by atoms with Gasteiger partial charge in [0.05, 0.1) is 26.4 Å². The van der Waals surface area contributed by atoms with Gasteiger partial charge in [-0.1, -0.05) is 0 Å². The van der Waals surface area contributed by atoms with Crippen LogP contribution < -0.4 is 0 Å². The molecule has 0 atom stereocenters. The van der Waals surface area contributed by atoms with Gasteiger partial charge in [-0.3, -0.25) is 9.59 Å². The number of ketones is 2. The van der Waals surface area contributed by atoms with Crippen LogP contribution in [0.3, 0.4) is 0 Å². The smallest absolute Gasteiger partial charge is 0.166 e. The van der Waals surface area contributed by atoms with Crippen LogP contribution in [-0.4, -0.2) is 49.6 Å². The maximum atomic E-state index is 11.8. The molecule has 0 amide bonds. The Morgan fingerprint density at radius 2 is 1.09 bits per heavy atom. The summed E-state index contributed by atoms with van der Waals surface area (Å²) < 4.78 is 21.7. The first-order valence-corrected chi connectivity index (χ1v) is 7.70. The summed E-state index contributed by atoms with van der Waals surface area (Å²) in [5.41, 5.74) is 0. The van der Waals surface area contributed by atoms with E-state index in [1.165, 1.54) is 12.2 Å². The summed E-state index contributed by atoms with van der Waals surface area (Å²) in [5, 5.41) is 0. The first-order chi connectivity index (χ1) is 10.4. The molecule has 2 aliphatic rings. The zero-order chi connectivity index (χ0) is 16.1. The van der Waals surface area contributed by atoms with Crippen molar-refractivity contribution < 1.29 is 28.5 Å². The fourth-order valence-electron chi connectivity index (χ4n) is 2.46. The standard InChI is InChI=1S/C16H24O6/c1-15(19-9-10-20-15)7-5-13(17)3-4-14(18)6-8-16(2)21-11-12-22-16/h3-4H,5-12H2,1-2H3/b4-3-. The third-order valence-electron chi connectivity index (χ3n) is 3.90. The van der Waals surface area contributed by atoms with Gasteiger partial charge in [0, 0.05) is 25.7 Å². The molecule has 0 N–H and O–H groups in total. The molecule has 0 aromatic heterocycles. The van der Waals surface area contributed by atoms with Gasteiger partial charge < -0.3 is 18.9 Å². The summed E-state index contributed by atoms with van der Waals surface area (Å²) in [6.45, 7) is 5.88. The van der Waals surface area contributed by atoms with Crippen molar-refractivity contribution in [3.8, 4) is 0 Å². The van der Waals surface area contributed by atoms with Crippen LogP contribution in [-0.2, 0) is 28.5 Å². The Morgan fingerprint density at radius 1 is 0.773 bits per heavy atom. The molecule has 2 aliphatic heterocycles. The van der Waals surface area contributed by atoms with Crippen LogP contribution in [0.1, 0.15) is 39.5 Å². The summed E-state index contributed by atoms with van der Waals surface area (Å²) in [7, 11) is 0. The second-order valence-corrected chi connectivity index (χ2v) is 5.93. The van der Waals surface area contributed by atoms with Crippen LogP contribution in [0, 0.1) is 0 Å². The molecule has 6 heteroatoms. The normalized spacial score (nSPS) is 23.2. The van der Waals surface area contributed by atoms with Crippen molar-refractivity contribution in [3.05, 3.63) is 12.2 Å². The Kier molecular flexibility index (Phi) is 5.86. The molecule has 0 unspecified atom stereocenters. The van der Waals surface area contributed by atoms with Crippen molar-refractivity contribution in [2.75, 3.05) is 26.4 Å². The number of carbonyl (C=O) groups is 2. The highest BCUT2D eigenvalue weighted by molar-refractivity contribution is 5.98. The van der Waals surface area contributed by atoms with Gasteiger partial charge in [0.1, 0.15) is 0 Å². The quantitative estimate of drug-likeness (QED) is 0.636. The highest BCUT2D eigenvalue weighted by Crippen LogP contribution is 2.25. The van der Waals surface area contributed by atoms with E-state index in [0.717, 1.165) is 0 Å². The Labute approximate surface area is 130 Å². The zero-order valence-corrected chi connectivity index (χ0v) is 13.3. The maximum absolute atomic E-state index is 11.8. The monoisotopic (exact) mass is 312 g/mol. The van der Waals surface area contributed by atoms with Gasteiger partial charge in [-0.2, -0.15) is 0 Å². The van der Waals surface area contributed by atoms with E-state index in [1.807, 2.05) is 13.8 Å². The minimum atomic E-state index is -0.667. The van der Waals surface area contributed by atoms with Crippen LogP contribution in [0.4, 0.5) is 0 Å². The Bertz CT molecular complexity index is 390. The van der Waals surface area contributed by atoms with Gasteiger partial charge in [0.15, 0.2) is 23.1 Å². The third-order valence-corrected chi connectivity index (χ3v) is 3.90. The first kappa shape index (κ1) is 17.3. The predicted octanol–water partition coefficient (Wildman–Crippen LogP) is 1.77. The second kappa shape index (κ2) is 7.46. The van der Waals surface area contributed by atoms with Crippen molar-refractivity contribution >= 4 is 11.6 Å². The van der Waals surface area contributed by atoms with Crippen LogP contribution >= 0.6 is 0 Å². The number of allylic oxidation sites excluding steroid dienone is 2. The van der Waals surface area contributed by atoms with Crippen molar-refractivity contribution in [3.63, 3.8) is 0 Å². The van der Waals surface area contributed by atoms with Gasteiger partial charge in [-0.15, -0.1) is 0 Å². The molecule has 0 aromatic rings. The van der Waals surface area contributed by atoms with Gasteiger partial charge >= 0.3 is 0 Å². The molecular weight excluding hydrogens is 288 g/mol. The van der Waals surface area contributed by atoms with E-state index in [0.29, 0.717) is 52.1 Å². The number of hydrogen-bond donors (Lipinski definition) is 0. The summed E-state index contributed by atoms with van der Waals surface area (Å²) in [4.78, 5) is 23.5. The van der Waals surface area contributed by atoms with Crippen molar-refractivity contribution in [1.82, 2.24) is 0 Å². The number of rotatable bonds is 8. The molecule has 2 rings (SSSR count). The summed E-state index contributed by atoms with van der Waals surface area (Å²) in [6.07, 6.45) is 4.24. The molecule has 22 heavy (non-hydrogen) atoms. The van der Waals surface area contributed by atoms with E-state index < -0.39 is 11.6 Å². The van der Waals surface area contributed by atoms with Crippen molar-refractivity contribution in [2.24, 2.45) is 0 Å². The molecule has 0 spiro atoms. The molecule has 6 nitrogen and oxygen atoms in total. The van der Waals surface area contributed by atoms with E-state index in [9.17, 15) is 9.59 Å². The SMILES string of the molecule is CC1(CCC(=O)/C=C\C(=O)CCC2(C)OCCO2)OCCO1. The van der Waals surface area contributed by atoms with E-state index in [-0.39, 0.29) is 11.6 Å². The molecule has 2 fully saturated rings. The fourth-order valence-corrected chi connectivity index (χ4v) is 2.46. The van der Waals surface area contributed by atoms with Crippen LogP contribution in [0.5, 0.6) is 0 Å². The van der Waals surface area contributed by atoms with Gasteiger partial charge in [-0.05, 0) is 26.0 Å². The lowest BCUT2D eigenvalue weighted by molar-refractivity contribution is -0.150. The molecule has 2 heterocycles. The number of hydrogen-bond acceptors (Lipinski definition) is 6. The van der Waals surface area contributed by atoms with E-state index >= 15 is 0 Å². The molecule has 0 radical (unpaired) electrons. The second-order valence-electron chi connectivity index (χ2n) is 5.93. The lowest BCUT2D eigenvalue weighted by atomic mass is 10.1. The summed E-state index contributed by atoms with van der Waals surface area (Å²) in [5.74, 6) is -1.54. The summed E-state index contributed by atoms with van der Waals surface area (Å²) >= 11 is 0. The molecule has 0 aromatic carbocycles. The topological polar surface area (TPSA) is 71.1 Å². The predicted molar refractivity (Wildman–Crippen MR) is 78.2 cm³/mol. The first-order valence-electron chi connectivity index (χ1n) is 7.70. The molecular formula is C16H24O6. The number of carbonyl (C=O) groups excluding carboxylic acids is 2. The Morgan fingerprint density at radius 3 is 1.41 bits per heavy atom. The van der Waals surface area contributed by atoms with Crippen LogP contribution in [0.25, 0.3) is 0 Å². The average Bonchev–Trinajstić information content (AvgIpc) is 3.11. The molecule has 0 aliphatic carbocycles. The third kappa shape index (κ3) is 5.28. The van der Waals surface area contributed by atoms with Crippen molar-refractivity contribution in [1.29, 1.82) is 0 Å². The highest BCUT2D eigenvalue weighted by Gasteiger charge is 2.31. The molecule has 0 bridgehead atoms. The largest absolute Gasteiger partial charge is 0.348 e. The van der Waals surface area contributed by atoms with E-state index in [4.69, 9.17) is 18.9 Å². The number of ether oxygens (including phenoxy) is 4. The van der Waals surface area contributed by atoms with Gasteiger partial charge in [-0.25, -0.2) is 0 Å². The lowest BCUT2D eigenvalue weighted by Crippen LogP contribution is -2.26. The van der Waals surface area contributed by atoms with Crippen LogP contribution in [0.2, 0.25) is 0 Å². The zero-order valence-electron chi connectivity index (χ0n) is 13.3. The fraction of sp³-hybridized carbons (Fsp3) is 0.750. The maximum Gasteiger partial charge on any atom is 0.166 e. The lowest BCUT2D eigenvalue weighted by Gasteiger charge is -2.21. The minimum absolute atomic E-state index is 0.103. The highest BCUT2D eigenvalue weighted by atomic mass is 16.7. The van der Waals surface area contributed by atoms with Crippen molar-refractivity contribution in [2.45, 2.75) is 51.1 Å². The Hall–Kier alpha value is -1.08. The average molecular weight is 312 g/mol. The van der Waals surface area contributed by atoms with Gasteiger partial charge in [0.2, 0.25) is 0 Å². The minimum Gasteiger partial charge on any atom is -0.348 e. The molecule has 124 valence electrons. The van der Waals surface area contributed by atoms with E-state index in [2.05, 4.69) is 0 Å². The Balaban J connectivity index is 1.66.